The first kappa shape index (κ1) is 21.7. The molecule has 0 saturated carbocycles. The summed E-state index contributed by atoms with van der Waals surface area (Å²) in [7, 11) is 3.16. The van der Waals surface area contributed by atoms with Gasteiger partial charge in [0.05, 0.1) is 20.6 Å². The smallest absolute Gasteiger partial charge is 0.261 e. The number of hydrogen-bond donors (Lipinski definition) is 1. The monoisotopic (exact) mass is 452 g/mol. The number of nitrogens with zero attached hydrogens (tertiary/aromatic N) is 1. The van der Waals surface area contributed by atoms with E-state index >= 15 is 0 Å². The molecule has 4 rings (SSSR count). The summed E-state index contributed by atoms with van der Waals surface area (Å²) < 4.78 is 16.6. The molecule has 0 radical (unpaired) electrons. The molecule has 1 N–H and O–H groups in total. The molecule has 0 saturated heterocycles. The van der Waals surface area contributed by atoms with E-state index in [4.69, 9.17) is 14.2 Å². The molecule has 0 fully saturated rings. The molecule has 1 aromatic heterocycles. The van der Waals surface area contributed by atoms with Gasteiger partial charge in [0.2, 0.25) is 5.91 Å². The molecule has 2 aromatic carbocycles. The van der Waals surface area contributed by atoms with Crippen molar-refractivity contribution in [2.45, 2.75) is 19.5 Å². The quantitative estimate of drug-likeness (QED) is 0.589. The van der Waals surface area contributed by atoms with Crippen molar-refractivity contribution < 1.29 is 23.8 Å². The number of ether oxygens (including phenoxy) is 3. The van der Waals surface area contributed by atoms with E-state index < -0.39 is 0 Å². The van der Waals surface area contributed by atoms with E-state index in [1.807, 2.05) is 41.8 Å². The first-order valence-electron chi connectivity index (χ1n) is 10.1. The highest BCUT2D eigenvalue weighted by Gasteiger charge is 2.24. The molecule has 1 aliphatic heterocycles. The molecule has 0 atom stereocenters. The van der Waals surface area contributed by atoms with Crippen molar-refractivity contribution in [2.75, 3.05) is 26.1 Å². The number of para-hydroxylation sites is 1. The maximum absolute atomic E-state index is 12.7. The molecule has 7 nitrogen and oxygen atoms in total. The van der Waals surface area contributed by atoms with Crippen LogP contribution >= 0.6 is 11.3 Å². The van der Waals surface area contributed by atoms with Gasteiger partial charge in [-0.2, -0.15) is 0 Å². The Morgan fingerprint density at radius 2 is 2.03 bits per heavy atom. The largest absolute Gasteiger partial charge is 0.493 e. The number of thiophene rings is 1. The minimum Gasteiger partial charge on any atom is -0.493 e. The van der Waals surface area contributed by atoms with Gasteiger partial charge in [0.15, 0.2) is 18.1 Å². The van der Waals surface area contributed by atoms with E-state index in [-0.39, 0.29) is 18.4 Å². The van der Waals surface area contributed by atoms with Gasteiger partial charge in [-0.15, -0.1) is 11.3 Å². The lowest BCUT2D eigenvalue weighted by molar-refractivity contribution is -0.133. The number of carbonyl (C=O) groups excluding carboxylic acids is 2. The van der Waals surface area contributed by atoms with Gasteiger partial charge in [0.25, 0.3) is 5.91 Å². The summed E-state index contributed by atoms with van der Waals surface area (Å²) in [4.78, 5) is 27.8. The Hall–Kier alpha value is -3.52. The molecule has 2 heterocycles. The minimum absolute atomic E-state index is 0.0522. The molecule has 0 aliphatic carbocycles. The number of carbonyl (C=O) groups is 2. The van der Waals surface area contributed by atoms with Crippen molar-refractivity contribution in [3.63, 3.8) is 0 Å². The molecule has 32 heavy (non-hydrogen) atoms. The van der Waals surface area contributed by atoms with Crippen molar-refractivity contribution >= 4 is 28.8 Å². The Labute approximate surface area is 190 Å². The minimum atomic E-state index is -0.130. The zero-order valence-electron chi connectivity index (χ0n) is 17.9. The number of anilines is 1. The third-order valence-electron chi connectivity index (χ3n) is 5.17. The van der Waals surface area contributed by atoms with Crippen molar-refractivity contribution in [1.82, 2.24) is 4.90 Å². The normalized spacial score (nSPS) is 13.1. The number of benzene rings is 2. The van der Waals surface area contributed by atoms with Crippen molar-refractivity contribution in [1.29, 1.82) is 0 Å². The van der Waals surface area contributed by atoms with Gasteiger partial charge < -0.3 is 24.4 Å². The molecule has 166 valence electrons. The van der Waals surface area contributed by atoms with E-state index in [1.54, 1.807) is 42.6 Å². The molecule has 1 aliphatic rings. The molecule has 3 aromatic rings. The highest BCUT2D eigenvalue weighted by atomic mass is 32.1. The zero-order valence-corrected chi connectivity index (χ0v) is 18.7. The van der Waals surface area contributed by atoms with Gasteiger partial charge in [-0.3, -0.25) is 9.59 Å². The summed E-state index contributed by atoms with van der Waals surface area (Å²) in [5.41, 5.74) is 2.33. The first-order valence-corrected chi connectivity index (χ1v) is 11.0. The summed E-state index contributed by atoms with van der Waals surface area (Å²) in [5, 5.41) is 4.88. The van der Waals surface area contributed by atoms with Crippen molar-refractivity contribution in [2.24, 2.45) is 0 Å². The van der Waals surface area contributed by atoms with Crippen LogP contribution in [0.3, 0.4) is 0 Å². The highest BCUT2D eigenvalue weighted by Crippen LogP contribution is 2.33. The molecule has 8 heteroatoms. The van der Waals surface area contributed by atoms with Crippen LogP contribution in [0.5, 0.6) is 17.2 Å². The van der Waals surface area contributed by atoms with E-state index in [1.165, 1.54) is 0 Å². The van der Waals surface area contributed by atoms with Crippen LogP contribution in [0.25, 0.3) is 0 Å². The van der Waals surface area contributed by atoms with E-state index in [9.17, 15) is 9.59 Å². The molecular formula is C24H24N2O5S. The summed E-state index contributed by atoms with van der Waals surface area (Å²) in [5.74, 6) is 1.63. The van der Waals surface area contributed by atoms with Crippen LogP contribution in [0.4, 0.5) is 5.69 Å². The Bertz CT molecular complexity index is 1110. The zero-order chi connectivity index (χ0) is 22.5. The van der Waals surface area contributed by atoms with Gasteiger partial charge in [-0.05, 0) is 35.7 Å². The predicted octanol–water partition coefficient (Wildman–Crippen LogP) is 3.87. The van der Waals surface area contributed by atoms with Gasteiger partial charge >= 0.3 is 0 Å². The Balaban J connectivity index is 1.52. The van der Waals surface area contributed by atoms with Gasteiger partial charge in [-0.1, -0.05) is 18.2 Å². The lowest BCUT2D eigenvalue weighted by Crippen LogP contribution is -2.32. The second kappa shape index (κ2) is 9.74. The molecular weight excluding hydrogens is 428 g/mol. The second-order valence-corrected chi connectivity index (χ2v) is 8.35. The van der Waals surface area contributed by atoms with Crippen LogP contribution in [0.1, 0.15) is 16.0 Å². The number of nitrogens with one attached hydrogen (secondary N) is 1. The summed E-state index contributed by atoms with van der Waals surface area (Å²) in [6.45, 7) is 0.642. The van der Waals surface area contributed by atoms with Gasteiger partial charge in [-0.25, -0.2) is 0 Å². The van der Waals surface area contributed by atoms with Crippen LogP contribution < -0.4 is 19.5 Å². The first-order chi connectivity index (χ1) is 15.6. The van der Waals surface area contributed by atoms with E-state index in [2.05, 4.69) is 5.32 Å². The van der Waals surface area contributed by atoms with Crippen LogP contribution in [0, 0.1) is 0 Å². The number of rotatable bonds is 7. The number of hydrogen-bond acceptors (Lipinski definition) is 6. The standard InChI is InChI=1S/C24H24N2O5S/c1-29-21-7-3-5-16(24(21)30-2)13-26-14-17-11-18(8-9-20(17)31-15-23(26)28)25-22(27)12-19-6-4-10-32-19/h3-11H,12-15H2,1-2H3,(H,25,27). The topological polar surface area (TPSA) is 77.1 Å². The van der Waals surface area contributed by atoms with Crippen LogP contribution in [-0.2, 0) is 29.1 Å². The number of methoxy groups -OCH3 is 2. The highest BCUT2D eigenvalue weighted by molar-refractivity contribution is 7.10. The lowest BCUT2D eigenvalue weighted by atomic mass is 10.1. The third-order valence-corrected chi connectivity index (χ3v) is 6.05. The van der Waals surface area contributed by atoms with Crippen LogP contribution in [0.15, 0.2) is 53.9 Å². The van der Waals surface area contributed by atoms with Crippen LogP contribution in [0.2, 0.25) is 0 Å². The number of amides is 2. The summed E-state index contributed by atoms with van der Waals surface area (Å²) in [6, 6.07) is 14.9. The van der Waals surface area contributed by atoms with E-state index in [0.717, 1.165) is 16.0 Å². The molecule has 2 amide bonds. The number of fused-ring (bicyclic) bond motifs is 1. The van der Waals surface area contributed by atoms with E-state index in [0.29, 0.717) is 42.4 Å². The fraction of sp³-hybridized carbons (Fsp3) is 0.250. The Morgan fingerprint density at radius 1 is 1.16 bits per heavy atom. The molecule has 0 unspecified atom stereocenters. The van der Waals surface area contributed by atoms with Crippen molar-refractivity contribution in [3.05, 3.63) is 69.9 Å². The Morgan fingerprint density at radius 3 is 2.78 bits per heavy atom. The fourth-order valence-electron chi connectivity index (χ4n) is 3.65. The maximum Gasteiger partial charge on any atom is 0.261 e. The Kier molecular flexibility index (Phi) is 6.61. The SMILES string of the molecule is COc1cccc(CN2Cc3cc(NC(=O)Cc4cccs4)ccc3OCC2=O)c1OC. The van der Waals surface area contributed by atoms with Gasteiger partial charge in [0.1, 0.15) is 5.75 Å². The summed E-state index contributed by atoms with van der Waals surface area (Å²) in [6.07, 6.45) is 0.325. The van der Waals surface area contributed by atoms with Crippen molar-refractivity contribution in [3.8, 4) is 17.2 Å². The second-order valence-electron chi connectivity index (χ2n) is 7.32. The average Bonchev–Trinajstić information content (AvgIpc) is 3.24. The molecule has 0 spiro atoms. The third kappa shape index (κ3) is 4.86. The van der Waals surface area contributed by atoms with Gasteiger partial charge in [0, 0.05) is 34.8 Å². The summed E-state index contributed by atoms with van der Waals surface area (Å²) >= 11 is 1.55. The molecule has 0 bridgehead atoms. The predicted molar refractivity (Wildman–Crippen MR) is 122 cm³/mol. The maximum atomic E-state index is 12.7. The fourth-order valence-corrected chi connectivity index (χ4v) is 4.35. The average molecular weight is 453 g/mol. The lowest BCUT2D eigenvalue weighted by Gasteiger charge is -2.22. The van der Waals surface area contributed by atoms with Crippen LogP contribution in [-0.4, -0.2) is 37.5 Å².